The first-order valence-electron chi connectivity index (χ1n) is 12.2. The van der Waals surface area contributed by atoms with Crippen LogP contribution in [0.25, 0.3) is 20.8 Å². The van der Waals surface area contributed by atoms with Gasteiger partial charge in [0.2, 0.25) is 5.95 Å². The van der Waals surface area contributed by atoms with Crippen molar-refractivity contribution in [1.29, 1.82) is 0 Å². The second kappa shape index (κ2) is 11.6. The number of benzene rings is 3. The van der Waals surface area contributed by atoms with Crippen LogP contribution in [-0.4, -0.2) is 41.4 Å². The van der Waals surface area contributed by atoms with Gasteiger partial charge in [-0.15, -0.1) is 11.3 Å². The summed E-state index contributed by atoms with van der Waals surface area (Å²) in [7, 11) is -3.92. The minimum Gasteiger partial charge on any atom is -0.449 e. The number of hydrogen-bond acceptors (Lipinski definition) is 9. The largest absolute Gasteiger partial charge is 0.449 e. The van der Waals surface area contributed by atoms with Crippen molar-refractivity contribution in [3.8, 4) is 10.6 Å². The van der Waals surface area contributed by atoms with Gasteiger partial charge in [-0.05, 0) is 55.0 Å². The lowest BCUT2D eigenvalue weighted by atomic mass is 10.1. The first-order chi connectivity index (χ1) is 19.3. The number of aromatic nitrogens is 3. The number of hydrogen-bond donors (Lipinski definition) is 2. The van der Waals surface area contributed by atoms with Gasteiger partial charge in [-0.1, -0.05) is 37.3 Å². The normalized spacial score (nSPS) is 12.0. The number of carbonyl (C=O) groups is 2. The monoisotopic (exact) mass is 573 g/mol. The molecule has 2 N–H and O–H groups in total. The lowest BCUT2D eigenvalue weighted by molar-refractivity contribution is -0.124. The molecule has 202 valence electrons. The molecule has 0 bridgehead atoms. The zero-order valence-corrected chi connectivity index (χ0v) is 22.8. The molecule has 2 heterocycles. The Morgan fingerprint density at radius 1 is 0.925 bits per heavy atom. The molecule has 10 nitrogen and oxygen atoms in total. The molecule has 2 aromatic heterocycles. The predicted molar refractivity (Wildman–Crippen MR) is 152 cm³/mol. The Balaban J connectivity index is 1.27. The summed E-state index contributed by atoms with van der Waals surface area (Å²) in [5.41, 5.74) is 2.09. The highest BCUT2D eigenvalue weighted by molar-refractivity contribution is 7.92. The van der Waals surface area contributed by atoms with Crippen molar-refractivity contribution >= 4 is 55.1 Å². The molecule has 0 aliphatic heterocycles. The van der Waals surface area contributed by atoms with Gasteiger partial charge < -0.3 is 10.1 Å². The van der Waals surface area contributed by atoms with E-state index in [0.29, 0.717) is 21.8 Å². The molecule has 5 rings (SSSR count). The fraction of sp³-hybridized carbons (Fsp3) is 0.107. The number of esters is 1. The standard InChI is InChI=1S/C28H23N5O5S2/c1-2-23(25(34)31-18-12-14-19(15-13-18)40(36,37)33-28-29-16-7-17-30-28)38-27(35)21-9-4-3-8-20(21)26-32-22-10-5-6-11-24(22)39-26/h3-17,23H,2H2,1H3,(H,31,34)(H,29,30,33). The first-order valence-corrected chi connectivity index (χ1v) is 14.5. The smallest absolute Gasteiger partial charge is 0.339 e. The van der Waals surface area contributed by atoms with E-state index in [-0.39, 0.29) is 17.3 Å². The maximum absolute atomic E-state index is 13.2. The molecule has 0 aliphatic carbocycles. The number of amides is 1. The molecule has 1 amide bonds. The number of fused-ring (bicyclic) bond motifs is 1. The Labute approximate surface area is 234 Å². The number of nitrogens with one attached hydrogen (secondary N) is 2. The van der Waals surface area contributed by atoms with Gasteiger partial charge in [-0.25, -0.2) is 32.9 Å². The summed E-state index contributed by atoms with van der Waals surface area (Å²) in [4.78, 5) is 38.4. The molecule has 0 saturated carbocycles. The minimum absolute atomic E-state index is 0.0390. The Morgan fingerprint density at radius 2 is 1.62 bits per heavy atom. The van der Waals surface area contributed by atoms with E-state index in [1.807, 2.05) is 30.3 Å². The Hall–Kier alpha value is -4.68. The van der Waals surface area contributed by atoms with E-state index < -0.39 is 28.0 Å². The lowest BCUT2D eigenvalue weighted by Gasteiger charge is -2.17. The third-order valence-corrected chi connectivity index (χ3v) is 8.22. The maximum Gasteiger partial charge on any atom is 0.339 e. The van der Waals surface area contributed by atoms with E-state index in [2.05, 4.69) is 25.0 Å². The minimum atomic E-state index is -3.92. The van der Waals surface area contributed by atoms with Gasteiger partial charge >= 0.3 is 5.97 Å². The van der Waals surface area contributed by atoms with Crippen molar-refractivity contribution in [3.05, 3.63) is 96.8 Å². The number of thiazole rings is 1. The second-order valence-corrected chi connectivity index (χ2v) is 11.2. The van der Waals surface area contributed by atoms with Crippen LogP contribution in [-0.2, 0) is 19.6 Å². The van der Waals surface area contributed by atoms with Gasteiger partial charge in [0, 0.05) is 23.6 Å². The lowest BCUT2D eigenvalue weighted by Crippen LogP contribution is -2.32. The van der Waals surface area contributed by atoms with E-state index >= 15 is 0 Å². The SMILES string of the molecule is CCC(OC(=O)c1ccccc1-c1nc2ccccc2s1)C(=O)Nc1ccc(S(=O)(=O)Nc2ncccn2)cc1. The van der Waals surface area contributed by atoms with Crippen molar-refractivity contribution in [2.75, 3.05) is 10.0 Å². The number of sulfonamides is 1. The van der Waals surface area contributed by atoms with Crippen molar-refractivity contribution < 1.29 is 22.7 Å². The van der Waals surface area contributed by atoms with Gasteiger partial charge in [0.1, 0.15) is 5.01 Å². The van der Waals surface area contributed by atoms with Gasteiger partial charge in [0.25, 0.3) is 15.9 Å². The zero-order valence-electron chi connectivity index (χ0n) is 21.1. The second-order valence-electron chi connectivity index (χ2n) is 8.53. The van der Waals surface area contributed by atoms with E-state index in [1.54, 1.807) is 31.2 Å². The number of carbonyl (C=O) groups excluding carboxylic acids is 2. The highest BCUT2D eigenvalue weighted by Crippen LogP contribution is 2.32. The summed E-state index contributed by atoms with van der Waals surface area (Å²) in [6.45, 7) is 1.73. The van der Waals surface area contributed by atoms with Crippen LogP contribution in [0, 0.1) is 0 Å². The third-order valence-electron chi connectivity index (χ3n) is 5.81. The van der Waals surface area contributed by atoms with Crippen molar-refractivity contribution in [1.82, 2.24) is 15.0 Å². The number of para-hydroxylation sites is 1. The number of ether oxygens (including phenoxy) is 1. The molecule has 40 heavy (non-hydrogen) atoms. The van der Waals surface area contributed by atoms with E-state index in [0.717, 1.165) is 10.2 Å². The molecule has 0 spiro atoms. The van der Waals surface area contributed by atoms with Crippen LogP contribution < -0.4 is 10.0 Å². The highest BCUT2D eigenvalue weighted by Gasteiger charge is 2.25. The van der Waals surface area contributed by atoms with Gasteiger partial charge in [0.05, 0.1) is 20.7 Å². The molecular formula is C28H23N5O5S2. The summed E-state index contributed by atoms with van der Waals surface area (Å²) in [6, 6.07) is 21.8. The molecule has 1 unspecified atom stereocenters. The van der Waals surface area contributed by atoms with Crippen LogP contribution >= 0.6 is 11.3 Å². The van der Waals surface area contributed by atoms with Crippen molar-refractivity contribution in [2.45, 2.75) is 24.3 Å². The Morgan fingerprint density at radius 3 is 2.35 bits per heavy atom. The van der Waals surface area contributed by atoms with Crippen molar-refractivity contribution in [3.63, 3.8) is 0 Å². The Bertz CT molecular complexity index is 1740. The highest BCUT2D eigenvalue weighted by atomic mass is 32.2. The topological polar surface area (TPSA) is 140 Å². The van der Waals surface area contributed by atoms with Crippen LogP contribution in [0.1, 0.15) is 23.7 Å². The maximum atomic E-state index is 13.2. The van der Waals surface area contributed by atoms with E-state index in [1.165, 1.54) is 48.0 Å². The molecule has 5 aromatic rings. The van der Waals surface area contributed by atoms with Crippen LogP contribution in [0.5, 0.6) is 0 Å². The number of anilines is 2. The van der Waals surface area contributed by atoms with Crippen LogP contribution in [0.15, 0.2) is 96.2 Å². The molecular weight excluding hydrogens is 550 g/mol. The Kier molecular flexibility index (Phi) is 7.80. The average molecular weight is 574 g/mol. The van der Waals surface area contributed by atoms with Gasteiger partial charge in [-0.3, -0.25) is 4.79 Å². The summed E-state index contributed by atoms with van der Waals surface area (Å²) in [5.74, 6) is -1.25. The summed E-state index contributed by atoms with van der Waals surface area (Å²) >= 11 is 1.47. The molecule has 1 atom stereocenters. The molecule has 12 heteroatoms. The number of rotatable bonds is 9. The van der Waals surface area contributed by atoms with Crippen LogP contribution in [0.4, 0.5) is 11.6 Å². The van der Waals surface area contributed by atoms with Crippen molar-refractivity contribution in [2.24, 2.45) is 0 Å². The third kappa shape index (κ3) is 5.98. The summed E-state index contributed by atoms with van der Waals surface area (Å²) < 4.78 is 34.1. The summed E-state index contributed by atoms with van der Waals surface area (Å²) in [6.07, 6.45) is 1.99. The van der Waals surface area contributed by atoms with E-state index in [4.69, 9.17) is 4.74 Å². The van der Waals surface area contributed by atoms with Crippen LogP contribution in [0.3, 0.4) is 0 Å². The van der Waals surface area contributed by atoms with E-state index in [9.17, 15) is 18.0 Å². The average Bonchev–Trinajstić information content (AvgIpc) is 3.41. The molecule has 0 saturated heterocycles. The van der Waals surface area contributed by atoms with Gasteiger partial charge in [0.15, 0.2) is 6.10 Å². The molecule has 0 radical (unpaired) electrons. The zero-order chi connectivity index (χ0) is 28.1. The molecule has 3 aromatic carbocycles. The number of nitrogens with zero attached hydrogens (tertiary/aromatic N) is 3. The first kappa shape index (κ1) is 26.9. The molecule has 0 aliphatic rings. The fourth-order valence-electron chi connectivity index (χ4n) is 3.82. The fourth-order valence-corrected chi connectivity index (χ4v) is 5.78. The quantitative estimate of drug-likeness (QED) is 0.231. The van der Waals surface area contributed by atoms with Crippen LogP contribution in [0.2, 0.25) is 0 Å². The molecule has 0 fully saturated rings. The summed E-state index contributed by atoms with van der Waals surface area (Å²) in [5, 5.41) is 3.35. The van der Waals surface area contributed by atoms with Gasteiger partial charge in [-0.2, -0.15) is 0 Å². The predicted octanol–water partition coefficient (Wildman–Crippen LogP) is 5.13.